The number of rotatable bonds is 3. The molecule has 0 N–H and O–H groups in total. The fourth-order valence-corrected chi connectivity index (χ4v) is 1.31. The largest absolute Gasteiger partial charge is 0.468 e. The molecule has 0 aliphatic carbocycles. The quantitative estimate of drug-likeness (QED) is 0.688. The summed E-state index contributed by atoms with van der Waals surface area (Å²) in [5.41, 5.74) is 0. The minimum Gasteiger partial charge on any atom is -0.468 e. The van der Waals surface area contributed by atoms with Crippen LogP contribution in [0.3, 0.4) is 0 Å². The van der Waals surface area contributed by atoms with E-state index in [1.165, 1.54) is 0 Å². The lowest BCUT2D eigenvalue weighted by atomic mass is 10.1. The second kappa shape index (κ2) is 4.11. The molecule has 1 radical (unpaired) electrons. The lowest BCUT2D eigenvalue weighted by Gasteiger charge is -2.05. The Hall–Kier alpha value is -1.54. The molecule has 0 heterocycles. The summed E-state index contributed by atoms with van der Waals surface area (Å²) >= 11 is 0. The summed E-state index contributed by atoms with van der Waals surface area (Å²) in [6, 6.07) is 15.0. The molecule has 2 aromatic rings. The third-order valence-electron chi connectivity index (χ3n) is 1.97. The molecule has 0 atom stereocenters. The van der Waals surface area contributed by atoms with Crippen molar-refractivity contribution in [2.24, 2.45) is 0 Å². The van der Waals surface area contributed by atoms with Crippen molar-refractivity contribution in [2.45, 2.75) is 0 Å². The summed E-state index contributed by atoms with van der Waals surface area (Å²) < 4.78 is 10.1. The molecule has 0 aliphatic rings. The Balaban J connectivity index is 2.32. The highest BCUT2D eigenvalue weighted by Gasteiger charge is 1.96. The molecule has 0 aromatic heterocycles. The number of hydrogen-bond acceptors (Lipinski definition) is 2. The van der Waals surface area contributed by atoms with E-state index >= 15 is 0 Å². The van der Waals surface area contributed by atoms with Crippen molar-refractivity contribution in [3.8, 4) is 5.75 Å². The van der Waals surface area contributed by atoms with Crippen LogP contribution in [0.5, 0.6) is 5.75 Å². The van der Waals surface area contributed by atoms with E-state index in [1.807, 2.05) is 36.4 Å². The molecule has 2 nitrogen and oxygen atoms in total. The Morgan fingerprint density at radius 3 is 3.00 bits per heavy atom. The average molecular weight is 187 g/mol. The second-order valence-corrected chi connectivity index (χ2v) is 2.97. The van der Waals surface area contributed by atoms with Gasteiger partial charge in [-0.1, -0.05) is 24.3 Å². The van der Waals surface area contributed by atoms with Gasteiger partial charge in [0.05, 0.1) is 0 Å². The Morgan fingerprint density at radius 2 is 2.14 bits per heavy atom. The third-order valence-corrected chi connectivity index (χ3v) is 1.97. The van der Waals surface area contributed by atoms with E-state index in [1.54, 1.807) is 7.11 Å². The van der Waals surface area contributed by atoms with Crippen molar-refractivity contribution in [1.82, 2.24) is 0 Å². The van der Waals surface area contributed by atoms with Crippen molar-refractivity contribution in [3.05, 3.63) is 42.5 Å². The van der Waals surface area contributed by atoms with E-state index in [2.05, 4.69) is 6.07 Å². The predicted molar refractivity (Wildman–Crippen MR) is 55.3 cm³/mol. The van der Waals surface area contributed by atoms with Crippen molar-refractivity contribution in [1.29, 1.82) is 0 Å². The summed E-state index contributed by atoms with van der Waals surface area (Å²) in [6.07, 6.45) is 0. The fourth-order valence-electron chi connectivity index (χ4n) is 1.31. The molecule has 0 unspecified atom stereocenters. The molecule has 0 amide bonds. The first kappa shape index (κ1) is 9.03. The standard InChI is InChI=1S/C12H11O2/c1-13-9-14-12-7-6-10-4-2-3-5-11(10)8-12/h2-5,7-8H,9H2,1H3. The van der Waals surface area contributed by atoms with Gasteiger partial charge < -0.3 is 9.47 Å². The van der Waals surface area contributed by atoms with Crippen LogP contribution in [-0.2, 0) is 4.74 Å². The smallest absolute Gasteiger partial charge is 0.188 e. The Bertz CT molecular complexity index is 423. The van der Waals surface area contributed by atoms with E-state index in [4.69, 9.17) is 9.47 Å². The van der Waals surface area contributed by atoms with Gasteiger partial charge in [0, 0.05) is 7.11 Å². The van der Waals surface area contributed by atoms with Gasteiger partial charge in [0.15, 0.2) is 6.79 Å². The minimum absolute atomic E-state index is 0.270. The van der Waals surface area contributed by atoms with Crippen LogP contribution in [0.1, 0.15) is 0 Å². The van der Waals surface area contributed by atoms with Gasteiger partial charge in [-0.3, -0.25) is 0 Å². The van der Waals surface area contributed by atoms with Crippen LogP contribution in [0.2, 0.25) is 0 Å². The van der Waals surface area contributed by atoms with Gasteiger partial charge >= 0.3 is 0 Å². The van der Waals surface area contributed by atoms with Gasteiger partial charge in [0.25, 0.3) is 0 Å². The van der Waals surface area contributed by atoms with Gasteiger partial charge in [-0.15, -0.1) is 0 Å². The van der Waals surface area contributed by atoms with Crippen molar-refractivity contribution in [3.63, 3.8) is 0 Å². The molecular weight excluding hydrogens is 176 g/mol. The number of hydrogen-bond donors (Lipinski definition) is 0. The Kier molecular flexibility index (Phi) is 2.65. The van der Waals surface area contributed by atoms with Crippen LogP contribution < -0.4 is 4.74 Å². The van der Waals surface area contributed by atoms with Gasteiger partial charge in [-0.25, -0.2) is 0 Å². The highest BCUT2D eigenvalue weighted by Crippen LogP contribution is 2.19. The summed E-state index contributed by atoms with van der Waals surface area (Å²) in [7, 11) is 1.60. The first-order valence-corrected chi connectivity index (χ1v) is 4.42. The van der Waals surface area contributed by atoms with E-state index in [9.17, 15) is 0 Å². The maximum atomic E-state index is 5.31. The van der Waals surface area contributed by atoms with Crippen LogP contribution in [0.4, 0.5) is 0 Å². The number of benzene rings is 2. The molecule has 2 heteroatoms. The number of fused-ring (bicyclic) bond motifs is 1. The predicted octanol–water partition coefficient (Wildman–Crippen LogP) is 2.62. The van der Waals surface area contributed by atoms with Crippen LogP contribution in [0.25, 0.3) is 10.8 Å². The second-order valence-electron chi connectivity index (χ2n) is 2.97. The molecule has 0 fully saturated rings. The Labute approximate surface area is 83.1 Å². The van der Waals surface area contributed by atoms with E-state index in [0.29, 0.717) is 0 Å². The van der Waals surface area contributed by atoms with Crippen LogP contribution in [0.15, 0.2) is 36.4 Å². The zero-order chi connectivity index (χ0) is 9.80. The topological polar surface area (TPSA) is 18.5 Å². The summed E-state index contributed by atoms with van der Waals surface area (Å²) in [5.74, 6) is 0.783. The molecule has 0 saturated heterocycles. The first-order chi connectivity index (χ1) is 6.90. The van der Waals surface area contributed by atoms with E-state index < -0.39 is 0 Å². The van der Waals surface area contributed by atoms with Gasteiger partial charge in [-0.2, -0.15) is 0 Å². The normalized spacial score (nSPS) is 10.4. The van der Waals surface area contributed by atoms with Crippen molar-refractivity contribution in [2.75, 3.05) is 13.9 Å². The van der Waals surface area contributed by atoms with E-state index in [-0.39, 0.29) is 6.79 Å². The maximum absolute atomic E-state index is 5.31. The average Bonchev–Trinajstić information content (AvgIpc) is 2.26. The van der Waals surface area contributed by atoms with Crippen molar-refractivity contribution < 1.29 is 9.47 Å². The summed E-state index contributed by atoms with van der Waals surface area (Å²) in [5, 5.41) is 2.22. The SMILES string of the molecule is COCOc1c[c]c2ccccc2c1. The molecule has 71 valence electrons. The molecule has 0 spiro atoms. The molecule has 2 aromatic carbocycles. The van der Waals surface area contributed by atoms with Crippen LogP contribution in [-0.4, -0.2) is 13.9 Å². The molecule has 0 aliphatic heterocycles. The van der Waals surface area contributed by atoms with Crippen molar-refractivity contribution >= 4 is 10.8 Å². The van der Waals surface area contributed by atoms with Gasteiger partial charge in [-0.05, 0) is 29.0 Å². The number of ether oxygens (including phenoxy) is 2. The lowest BCUT2D eigenvalue weighted by Crippen LogP contribution is -1.98. The third kappa shape index (κ3) is 1.86. The molecule has 0 bridgehead atoms. The zero-order valence-electron chi connectivity index (χ0n) is 7.99. The maximum Gasteiger partial charge on any atom is 0.188 e. The molecular formula is C12H11O2. The van der Waals surface area contributed by atoms with E-state index in [0.717, 1.165) is 16.5 Å². The highest BCUT2D eigenvalue weighted by atomic mass is 16.7. The first-order valence-electron chi connectivity index (χ1n) is 4.42. The van der Waals surface area contributed by atoms with Gasteiger partial charge in [0.2, 0.25) is 0 Å². The minimum atomic E-state index is 0.270. The van der Waals surface area contributed by atoms with Crippen LogP contribution >= 0.6 is 0 Å². The number of methoxy groups -OCH3 is 1. The molecule has 14 heavy (non-hydrogen) atoms. The van der Waals surface area contributed by atoms with Gasteiger partial charge in [0.1, 0.15) is 5.75 Å². The zero-order valence-corrected chi connectivity index (χ0v) is 7.99. The van der Waals surface area contributed by atoms with Crippen LogP contribution in [0, 0.1) is 6.07 Å². The lowest BCUT2D eigenvalue weighted by molar-refractivity contribution is 0.0512. The summed E-state index contributed by atoms with van der Waals surface area (Å²) in [6.45, 7) is 0.270. The highest BCUT2D eigenvalue weighted by molar-refractivity contribution is 5.83. The fraction of sp³-hybridized carbons (Fsp3) is 0.167. The Morgan fingerprint density at radius 1 is 1.29 bits per heavy atom. The summed E-state index contributed by atoms with van der Waals surface area (Å²) in [4.78, 5) is 0. The molecule has 0 saturated carbocycles. The monoisotopic (exact) mass is 187 g/mol. The molecule has 2 rings (SSSR count).